The molecule has 0 spiro atoms. The van der Waals surface area contributed by atoms with Crippen LogP contribution in [0.2, 0.25) is 5.02 Å². The first-order valence-electron chi connectivity index (χ1n) is 6.84. The molecule has 104 valence electrons. The zero-order valence-electron chi connectivity index (χ0n) is 10.9. The molecule has 0 bridgehead atoms. The van der Waals surface area contributed by atoms with Gasteiger partial charge in [-0.05, 0) is 36.6 Å². The lowest BCUT2D eigenvalue weighted by atomic mass is 10.1. The van der Waals surface area contributed by atoms with Crippen molar-refractivity contribution in [3.63, 3.8) is 0 Å². The van der Waals surface area contributed by atoms with E-state index in [1.54, 1.807) is 0 Å². The predicted octanol–water partition coefficient (Wildman–Crippen LogP) is 2.16. The van der Waals surface area contributed by atoms with Crippen LogP contribution in [0.15, 0.2) is 18.2 Å². The highest BCUT2D eigenvalue weighted by Gasteiger charge is 2.22. The molecule has 0 atom stereocenters. The summed E-state index contributed by atoms with van der Waals surface area (Å²) in [6.45, 7) is 2.63. The van der Waals surface area contributed by atoms with Gasteiger partial charge in [0.25, 0.3) is 0 Å². The Hall–Kier alpha value is -0.580. The number of nitrogens with zero attached hydrogens (tertiary/aromatic N) is 1. The Balaban J connectivity index is 1.76. The Kier molecular flexibility index (Phi) is 4.10. The van der Waals surface area contributed by atoms with Crippen LogP contribution in [0.4, 0.5) is 5.69 Å². The van der Waals surface area contributed by atoms with Crippen molar-refractivity contribution in [2.24, 2.45) is 0 Å². The third-order valence-electron chi connectivity index (χ3n) is 3.72. The Morgan fingerprint density at radius 3 is 2.74 bits per heavy atom. The Labute approximate surface area is 121 Å². The summed E-state index contributed by atoms with van der Waals surface area (Å²) in [5.74, 6) is 1.55. The molecule has 1 aromatic carbocycles. The lowest BCUT2D eigenvalue weighted by molar-refractivity contribution is 0.669. The average molecular weight is 299 g/mol. The van der Waals surface area contributed by atoms with Crippen LogP contribution in [0.1, 0.15) is 18.4 Å². The standard InChI is InChI=1S/C14H19ClN2OS/c15-12-1-4-14(17-5-7-19(18)8-6-17)11(9-12)10-16-13-2-3-13/h1,4,9,13,16H,2-3,5-8,10H2. The van der Waals surface area contributed by atoms with Crippen LogP contribution in [-0.4, -0.2) is 34.8 Å². The smallest absolute Gasteiger partial charge is 0.0413 e. The number of hydrogen-bond donors (Lipinski definition) is 1. The maximum atomic E-state index is 11.5. The van der Waals surface area contributed by atoms with Crippen molar-refractivity contribution in [2.45, 2.75) is 25.4 Å². The highest BCUT2D eigenvalue weighted by Crippen LogP contribution is 2.27. The van der Waals surface area contributed by atoms with E-state index in [9.17, 15) is 4.21 Å². The van der Waals surface area contributed by atoms with Gasteiger partial charge in [-0.15, -0.1) is 0 Å². The van der Waals surface area contributed by atoms with E-state index in [2.05, 4.69) is 22.3 Å². The lowest BCUT2D eigenvalue weighted by Gasteiger charge is -2.30. The normalized spacial score (nSPS) is 20.8. The summed E-state index contributed by atoms with van der Waals surface area (Å²) in [6.07, 6.45) is 2.58. The van der Waals surface area contributed by atoms with Gasteiger partial charge in [-0.3, -0.25) is 4.21 Å². The van der Waals surface area contributed by atoms with Gasteiger partial charge in [-0.2, -0.15) is 0 Å². The summed E-state index contributed by atoms with van der Waals surface area (Å²) in [5, 5.41) is 4.33. The van der Waals surface area contributed by atoms with Crippen molar-refractivity contribution in [3.05, 3.63) is 28.8 Å². The first-order chi connectivity index (χ1) is 9.22. The zero-order valence-corrected chi connectivity index (χ0v) is 12.5. The van der Waals surface area contributed by atoms with E-state index >= 15 is 0 Å². The summed E-state index contributed by atoms with van der Waals surface area (Å²) >= 11 is 6.11. The van der Waals surface area contributed by atoms with Crippen LogP contribution in [0, 0.1) is 0 Å². The Morgan fingerprint density at radius 2 is 2.05 bits per heavy atom. The molecule has 1 heterocycles. The van der Waals surface area contributed by atoms with E-state index in [1.165, 1.54) is 24.1 Å². The monoisotopic (exact) mass is 298 g/mol. The predicted molar refractivity (Wildman–Crippen MR) is 81.4 cm³/mol. The van der Waals surface area contributed by atoms with Crippen LogP contribution >= 0.6 is 11.6 Å². The van der Waals surface area contributed by atoms with Crippen molar-refractivity contribution in [1.82, 2.24) is 5.32 Å². The van der Waals surface area contributed by atoms with Crippen LogP contribution in [-0.2, 0) is 17.3 Å². The van der Waals surface area contributed by atoms with Gasteiger partial charge < -0.3 is 10.2 Å². The molecule has 1 saturated heterocycles. The second-order valence-corrected chi connectivity index (χ2v) is 7.40. The summed E-state index contributed by atoms with van der Waals surface area (Å²) in [4.78, 5) is 2.33. The van der Waals surface area contributed by atoms with E-state index in [1.807, 2.05) is 6.07 Å². The summed E-state index contributed by atoms with van der Waals surface area (Å²) < 4.78 is 11.5. The number of anilines is 1. The molecule has 1 aliphatic carbocycles. The minimum absolute atomic E-state index is 0.630. The fourth-order valence-electron chi connectivity index (χ4n) is 2.42. The number of benzene rings is 1. The Morgan fingerprint density at radius 1 is 1.32 bits per heavy atom. The first kappa shape index (κ1) is 13.4. The van der Waals surface area contributed by atoms with Crippen molar-refractivity contribution in [1.29, 1.82) is 0 Å². The third kappa shape index (κ3) is 3.50. The number of halogens is 1. The molecule has 1 saturated carbocycles. The molecular weight excluding hydrogens is 280 g/mol. The quantitative estimate of drug-likeness (QED) is 0.924. The molecular formula is C14H19ClN2OS. The van der Waals surface area contributed by atoms with E-state index in [0.29, 0.717) is 6.04 Å². The van der Waals surface area contributed by atoms with Gasteiger partial charge in [0.15, 0.2) is 0 Å². The minimum atomic E-state index is -0.630. The van der Waals surface area contributed by atoms with Crippen LogP contribution in [0.5, 0.6) is 0 Å². The summed E-state index contributed by atoms with van der Waals surface area (Å²) in [7, 11) is -0.630. The molecule has 19 heavy (non-hydrogen) atoms. The fourth-order valence-corrected chi connectivity index (χ4v) is 3.67. The van der Waals surface area contributed by atoms with Gasteiger partial charge in [0, 0.05) is 58.7 Å². The van der Waals surface area contributed by atoms with E-state index < -0.39 is 10.8 Å². The second-order valence-electron chi connectivity index (χ2n) is 5.26. The largest absolute Gasteiger partial charge is 0.369 e. The summed E-state index contributed by atoms with van der Waals surface area (Å²) in [5.41, 5.74) is 2.50. The SMILES string of the molecule is O=S1CCN(c2ccc(Cl)cc2CNC2CC2)CC1. The van der Waals surface area contributed by atoms with Crippen molar-refractivity contribution in [2.75, 3.05) is 29.5 Å². The van der Waals surface area contributed by atoms with Gasteiger partial charge in [0.2, 0.25) is 0 Å². The van der Waals surface area contributed by atoms with Crippen LogP contribution in [0.3, 0.4) is 0 Å². The average Bonchev–Trinajstić information content (AvgIpc) is 3.22. The molecule has 0 radical (unpaired) electrons. The summed E-state index contributed by atoms with van der Waals surface area (Å²) in [6, 6.07) is 6.79. The molecule has 5 heteroatoms. The van der Waals surface area contributed by atoms with Gasteiger partial charge >= 0.3 is 0 Å². The maximum absolute atomic E-state index is 11.5. The molecule has 1 N–H and O–H groups in total. The van der Waals surface area contributed by atoms with Crippen molar-refractivity contribution < 1.29 is 4.21 Å². The molecule has 3 rings (SSSR count). The van der Waals surface area contributed by atoms with Crippen molar-refractivity contribution >= 4 is 28.1 Å². The third-order valence-corrected chi connectivity index (χ3v) is 5.23. The van der Waals surface area contributed by atoms with Crippen LogP contribution in [0.25, 0.3) is 0 Å². The van der Waals surface area contributed by atoms with Gasteiger partial charge in [-0.25, -0.2) is 0 Å². The van der Waals surface area contributed by atoms with E-state index in [0.717, 1.165) is 36.2 Å². The Bertz CT molecular complexity index is 480. The molecule has 0 unspecified atom stereocenters. The molecule has 2 aliphatic rings. The number of hydrogen-bond acceptors (Lipinski definition) is 3. The highest BCUT2D eigenvalue weighted by atomic mass is 35.5. The van der Waals surface area contributed by atoms with Gasteiger partial charge in [0.05, 0.1) is 0 Å². The fraction of sp³-hybridized carbons (Fsp3) is 0.571. The van der Waals surface area contributed by atoms with Crippen LogP contribution < -0.4 is 10.2 Å². The van der Waals surface area contributed by atoms with E-state index in [-0.39, 0.29) is 0 Å². The zero-order chi connectivity index (χ0) is 13.2. The lowest BCUT2D eigenvalue weighted by Crippen LogP contribution is -2.38. The van der Waals surface area contributed by atoms with Gasteiger partial charge in [0.1, 0.15) is 0 Å². The number of nitrogens with one attached hydrogen (secondary N) is 1. The first-order valence-corrected chi connectivity index (χ1v) is 8.71. The van der Waals surface area contributed by atoms with E-state index in [4.69, 9.17) is 11.6 Å². The minimum Gasteiger partial charge on any atom is -0.369 e. The molecule has 3 nitrogen and oxygen atoms in total. The van der Waals surface area contributed by atoms with Gasteiger partial charge in [-0.1, -0.05) is 11.6 Å². The molecule has 2 fully saturated rings. The molecule has 1 aromatic rings. The topological polar surface area (TPSA) is 32.3 Å². The number of rotatable bonds is 4. The highest BCUT2D eigenvalue weighted by molar-refractivity contribution is 7.85. The molecule has 0 amide bonds. The van der Waals surface area contributed by atoms with Crippen molar-refractivity contribution in [3.8, 4) is 0 Å². The maximum Gasteiger partial charge on any atom is 0.0413 e. The second kappa shape index (κ2) is 5.81. The molecule has 1 aliphatic heterocycles. The molecule has 0 aromatic heterocycles.